The number of hydrogen-bond donors (Lipinski definition) is 2. The van der Waals surface area contributed by atoms with Crippen LogP contribution in [0.25, 0.3) is 0 Å². The standard InChI is InChI=1S/C10H17N3O2S/c1-3-13(2)7-8-4-5-9(6-10(8)11)16(12,14)15/h4-6H,3,7,11H2,1-2H3,(H2,12,14,15). The molecule has 0 bridgehead atoms. The van der Waals surface area contributed by atoms with Crippen molar-refractivity contribution in [1.82, 2.24) is 4.90 Å². The Morgan fingerprint density at radius 2 is 2.00 bits per heavy atom. The average molecular weight is 243 g/mol. The number of nitrogen functional groups attached to an aromatic ring is 1. The molecule has 1 rings (SSSR count). The summed E-state index contributed by atoms with van der Waals surface area (Å²) in [5, 5.41) is 5.01. The van der Waals surface area contributed by atoms with Crippen LogP contribution in [0.15, 0.2) is 23.1 Å². The lowest BCUT2D eigenvalue weighted by Gasteiger charge is -2.15. The van der Waals surface area contributed by atoms with E-state index in [1.807, 2.05) is 14.0 Å². The molecule has 0 amide bonds. The first-order chi connectivity index (χ1) is 7.34. The number of nitrogens with zero attached hydrogens (tertiary/aromatic N) is 1. The third-order valence-electron chi connectivity index (χ3n) is 2.43. The minimum atomic E-state index is -3.67. The van der Waals surface area contributed by atoms with Gasteiger partial charge in [-0.3, -0.25) is 0 Å². The van der Waals surface area contributed by atoms with Gasteiger partial charge in [0.2, 0.25) is 10.0 Å². The molecular formula is C10H17N3O2S. The lowest BCUT2D eigenvalue weighted by atomic mass is 10.2. The maximum absolute atomic E-state index is 11.1. The summed E-state index contributed by atoms with van der Waals surface area (Å²) in [7, 11) is -1.70. The van der Waals surface area contributed by atoms with Crippen molar-refractivity contribution >= 4 is 15.7 Å². The van der Waals surface area contributed by atoms with Gasteiger partial charge in [0, 0.05) is 12.2 Å². The molecule has 0 saturated carbocycles. The topological polar surface area (TPSA) is 89.4 Å². The molecule has 4 N–H and O–H groups in total. The molecule has 0 fully saturated rings. The van der Waals surface area contributed by atoms with E-state index in [0.29, 0.717) is 12.2 Å². The normalized spacial score (nSPS) is 12.0. The molecule has 0 heterocycles. The van der Waals surface area contributed by atoms with E-state index in [1.165, 1.54) is 12.1 Å². The molecular weight excluding hydrogens is 226 g/mol. The molecule has 5 nitrogen and oxygen atoms in total. The van der Waals surface area contributed by atoms with Gasteiger partial charge in [-0.2, -0.15) is 0 Å². The number of hydrogen-bond acceptors (Lipinski definition) is 4. The summed E-state index contributed by atoms with van der Waals surface area (Å²) in [5.74, 6) is 0. The van der Waals surface area contributed by atoms with Gasteiger partial charge in [-0.25, -0.2) is 13.6 Å². The van der Waals surface area contributed by atoms with Crippen molar-refractivity contribution in [3.8, 4) is 0 Å². The first-order valence-electron chi connectivity index (χ1n) is 4.94. The van der Waals surface area contributed by atoms with Crippen molar-refractivity contribution in [3.05, 3.63) is 23.8 Å². The second kappa shape index (κ2) is 4.82. The van der Waals surface area contributed by atoms with Gasteiger partial charge in [-0.05, 0) is 31.3 Å². The maximum Gasteiger partial charge on any atom is 0.238 e. The van der Waals surface area contributed by atoms with E-state index in [9.17, 15) is 8.42 Å². The molecule has 0 aliphatic carbocycles. The minimum absolute atomic E-state index is 0.0490. The SMILES string of the molecule is CCN(C)Cc1ccc(S(N)(=O)=O)cc1N. The molecule has 0 radical (unpaired) electrons. The Kier molecular flexibility index (Phi) is 3.90. The average Bonchev–Trinajstić information content (AvgIpc) is 2.19. The van der Waals surface area contributed by atoms with Crippen LogP contribution in [-0.2, 0) is 16.6 Å². The van der Waals surface area contributed by atoms with E-state index in [4.69, 9.17) is 10.9 Å². The van der Waals surface area contributed by atoms with Crippen molar-refractivity contribution in [3.63, 3.8) is 0 Å². The van der Waals surface area contributed by atoms with Crippen LogP contribution in [-0.4, -0.2) is 26.9 Å². The highest BCUT2D eigenvalue weighted by Gasteiger charge is 2.10. The fourth-order valence-electron chi connectivity index (χ4n) is 1.30. The summed E-state index contributed by atoms with van der Waals surface area (Å²) in [6, 6.07) is 4.57. The van der Waals surface area contributed by atoms with E-state index in [0.717, 1.165) is 12.1 Å². The van der Waals surface area contributed by atoms with E-state index in [-0.39, 0.29) is 4.90 Å². The number of anilines is 1. The fourth-order valence-corrected chi connectivity index (χ4v) is 1.85. The number of nitrogens with two attached hydrogens (primary N) is 2. The lowest BCUT2D eigenvalue weighted by molar-refractivity contribution is 0.346. The zero-order valence-electron chi connectivity index (χ0n) is 9.47. The van der Waals surface area contributed by atoms with Gasteiger partial charge in [0.15, 0.2) is 0 Å². The van der Waals surface area contributed by atoms with Gasteiger partial charge >= 0.3 is 0 Å². The highest BCUT2D eigenvalue weighted by atomic mass is 32.2. The number of benzene rings is 1. The quantitative estimate of drug-likeness (QED) is 0.748. The molecule has 0 unspecified atom stereocenters. The molecule has 1 aromatic rings. The third-order valence-corrected chi connectivity index (χ3v) is 3.34. The van der Waals surface area contributed by atoms with E-state index < -0.39 is 10.0 Å². The van der Waals surface area contributed by atoms with Crippen molar-refractivity contribution in [2.24, 2.45) is 5.14 Å². The van der Waals surface area contributed by atoms with Crippen molar-refractivity contribution < 1.29 is 8.42 Å². The minimum Gasteiger partial charge on any atom is -0.398 e. The van der Waals surface area contributed by atoms with Crippen LogP contribution in [0, 0.1) is 0 Å². The number of sulfonamides is 1. The summed E-state index contributed by atoms with van der Waals surface area (Å²) < 4.78 is 22.2. The summed E-state index contributed by atoms with van der Waals surface area (Å²) >= 11 is 0. The van der Waals surface area contributed by atoms with Crippen LogP contribution in [0.2, 0.25) is 0 Å². The Balaban J connectivity index is 3.01. The molecule has 0 aliphatic heterocycles. The summed E-state index contributed by atoms with van der Waals surface area (Å²) in [6.07, 6.45) is 0. The molecule has 6 heteroatoms. The Labute approximate surface area is 96.1 Å². The van der Waals surface area contributed by atoms with Gasteiger partial charge in [0.25, 0.3) is 0 Å². The van der Waals surface area contributed by atoms with Gasteiger partial charge in [-0.15, -0.1) is 0 Å². The molecule has 0 aromatic heterocycles. The lowest BCUT2D eigenvalue weighted by Crippen LogP contribution is -2.18. The molecule has 0 aliphatic rings. The molecule has 0 spiro atoms. The Hall–Kier alpha value is -1.11. The predicted molar refractivity (Wildman–Crippen MR) is 64.2 cm³/mol. The first-order valence-corrected chi connectivity index (χ1v) is 6.49. The smallest absolute Gasteiger partial charge is 0.238 e. The van der Waals surface area contributed by atoms with Gasteiger partial charge in [0.05, 0.1) is 4.90 Å². The summed E-state index contributed by atoms with van der Waals surface area (Å²) in [6.45, 7) is 3.62. The van der Waals surface area contributed by atoms with Crippen molar-refractivity contribution in [2.45, 2.75) is 18.4 Å². The van der Waals surface area contributed by atoms with Crippen LogP contribution in [0.4, 0.5) is 5.69 Å². The molecule has 90 valence electrons. The van der Waals surface area contributed by atoms with Crippen molar-refractivity contribution in [2.75, 3.05) is 19.3 Å². The maximum atomic E-state index is 11.1. The van der Waals surface area contributed by atoms with Crippen LogP contribution >= 0.6 is 0 Å². The largest absolute Gasteiger partial charge is 0.398 e. The van der Waals surface area contributed by atoms with E-state index >= 15 is 0 Å². The molecule has 1 aromatic carbocycles. The monoisotopic (exact) mass is 243 g/mol. The highest BCUT2D eigenvalue weighted by molar-refractivity contribution is 7.89. The Bertz CT molecular complexity index is 471. The summed E-state index contributed by atoms with van der Waals surface area (Å²) in [4.78, 5) is 2.12. The van der Waals surface area contributed by atoms with Gasteiger partial charge in [0.1, 0.15) is 0 Å². The first kappa shape index (κ1) is 13.0. The number of primary sulfonamides is 1. The Morgan fingerprint density at radius 1 is 1.38 bits per heavy atom. The molecule has 0 saturated heterocycles. The van der Waals surface area contributed by atoms with Gasteiger partial charge < -0.3 is 10.6 Å². The number of rotatable bonds is 4. The van der Waals surface area contributed by atoms with Crippen LogP contribution < -0.4 is 10.9 Å². The highest BCUT2D eigenvalue weighted by Crippen LogP contribution is 2.18. The van der Waals surface area contributed by atoms with Crippen LogP contribution in [0.3, 0.4) is 0 Å². The van der Waals surface area contributed by atoms with E-state index in [2.05, 4.69) is 4.90 Å². The zero-order valence-corrected chi connectivity index (χ0v) is 10.3. The molecule has 0 atom stereocenters. The van der Waals surface area contributed by atoms with E-state index in [1.54, 1.807) is 6.07 Å². The van der Waals surface area contributed by atoms with Crippen molar-refractivity contribution in [1.29, 1.82) is 0 Å². The molecule has 16 heavy (non-hydrogen) atoms. The predicted octanol–water partition coefficient (Wildman–Crippen LogP) is 0.368. The third kappa shape index (κ3) is 3.19. The van der Waals surface area contributed by atoms with Crippen LogP contribution in [0.5, 0.6) is 0 Å². The van der Waals surface area contributed by atoms with Crippen LogP contribution in [0.1, 0.15) is 12.5 Å². The van der Waals surface area contributed by atoms with Gasteiger partial charge in [-0.1, -0.05) is 13.0 Å². The zero-order chi connectivity index (χ0) is 12.3. The second-order valence-corrected chi connectivity index (χ2v) is 5.30. The fraction of sp³-hybridized carbons (Fsp3) is 0.400. The second-order valence-electron chi connectivity index (χ2n) is 3.74. The summed E-state index contributed by atoms with van der Waals surface area (Å²) in [5.41, 5.74) is 7.12. The Morgan fingerprint density at radius 3 is 2.44 bits per heavy atom.